The third kappa shape index (κ3) is 7.27. The summed E-state index contributed by atoms with van der Waals surface area (Å²) in [4.78, 5) is 0. The van der Waals surface area contributed by atoms with Crippen molar-refractivity contribution in [2.45, 2.75) is 26.7 Å². The molecule has 0 aliphatic heterocycles. The molecule has 1 atom stereocenters. The van der Waals surface area contributed by atoms with E-state index in [1.165, 1.54) is 5.56 Å². The summed E-state index contributed by atoms with van der Waals surface area (Å²) in [5, 5.41) is 0. The number of hydrogen-bond acceptors (Lipinski definition) is 3. The van der Waals surface area contributed by atoms with Gasteiger partial charge in [0.1, 0.15) is 0 Å². The van der Waals surface area contributed by atoms with Crippen molar-refractivity contribution in [3.63, 3.8) is 0 Å². The van der Waals surface area contributed by atoms with Crippen molar-refractivity contribution in [1.29, 1.82) is 0 Å². The average Bonchev–Trinajstić information content (AvgIpc) is 2.43. The summed E-state index contributed by atoms with van der Waals surface area (Å²) in [7, 11) is 3.36. The largest absolute Gasteiger partial charge is 1.00 e. The van der Waals surface area contributed by atoms with Gasteiger partial charge in [-0.1, -0.05) is 32.3 Å². The summed E-state index contributed by atoms with van der Waals surface area (Å²) in [6.07, 6.45) is 1.82. The standard InChI is InChI=1S/C17H27O3.Li/c1-13(2)14(3)11-15-7-8-16(19-5)17(12-15)20-10-6-9-18-4;/h7-8,12-14H,3,6,9-11H2,1-2,4-5H3;/q-1;+1/t14-;/m1./s1. The van der Waals surface area contributed by atoms with Crippen molar-refractivity contribution in [3.05, 3.63) is 30.7 Å². The van der Waals surface area contributed by atoms with Gasteiger partial charge >= 0.3 is 18.9 Å². The summed E-state index contributed by atoms with van der Waals surface area (Å²) in [6.45, 7) is 9.93. The fourth-order valence-corrected chi connectivity index (χ4v) is 1.88. The van der Waals surface area contributed by atoms with Gasteiger partial charge in [-0.15, -0.1) is 0 Å². The van der Waals surface area contributed by atoms with E-state index >= 15 is 0 Å². The minimum absolute atomic E-state index is 0. The number of ether oxygens (including phenoxy) is 3. The van der Waals surface area contributed by atoms with Crippen LogP contribution in [0.1, 0.15) is 25.8 Å². The molecule has 0 bridgehead atoms. The van der Waals surface area contributed by atoms with E-state index in [1.807, 2.05) is 6.07 Å². The molecule has 0 aromatic heterocycles. The average molecular weight is 286 g/mol. The van der Waals surface area contributed by atoms with Gasteiger partial charge in [0.15, 0.2) is 11.5 Å². The Labute approximate surface area is 141 Å². The summed E-state index contributed by atoms with van der Waals surface area (Å²) in [6, 6.07) is 6.11. The zero-order valence-electron chi connectivity index (χ0n) is 14.1. The second-order valence-corrected chi connectivity index (χ2v) is 5.39. The van der Waals surface area contributed by atoms with E-state index in [1.54, 1.807) is 14.2 Å². The zero-order valence-corrected chi connectivity index (χ0v) is 14.1. The SMILES string of the molecule is [CH2-][C@H](Cc1ccc(OC)c(OCCCOC)c1)C(C)C.[Li+]. The molecule has 4 heteroatoms. The van der Waals surface area contributed by atoms with Crippen LogP contribution in [0.2, 0.25) is 0 Å². The Morgan fingerprint density at radius 2 is 1.81 bits per heavy atom. The Bertz CT molecular complexity index is 394. The first-order valence-corrected chi connectivity index (χ1v) is 7.20. The van der Waals surface area contributed by atoms with Crippen LogP contribution < -0.4 is 28.3 Å². The third-order valence-corrected chi connectivity index (χ3v) is 3.42. The van der Waals surface area contributed by atoms with E-state index < -0.39 is 0 Å². The van der Waals surface area contributed by atoms with Gasteiger partial charge in [-0.25, -0.2) is 0 Å². The molecule has 21 heavy (non-hydrogen) atoms. The maximum Gasteiger partial charge on any atom is 1.00 e. The van der Waals surface area contributed by atoms with E-state index in [0.717, 1.165) is 24.3 Å². The van der Waals surface area contributed by atoms with E-state index in [-0.39, 0.29) is 18.9 Å². The first-order chi connectivity index (χ1) is 9.58. The van der Waals surface area contributed by atoms with Crippen LogP contribution in [0.4, 0.5) is 0 Å². The monoisotopic (exact) mass is 286 g/mol. The second kappa shape index (κ2) is 11.0. The molecule has 1 aromatic rings. The van der Waals surface area contributed by atoms with Gasteiger partial charge in [-0.2, -0.15) is 5.92 Å². The fraction of sp³-hybridized carbons (Fsp3) is 0.588. The molecule has 0 fully saturated rings. The van der Waals surface area contributed by atoms with Crippen molar-refractivity contribution >= 4 is 0 Å². The Morgan fingerprint density at radius 3 is 2.38 bits per heavy atom. The number of benzene rings is 1. The molecule has 0 N–H and O–H groups in total. The summed E-state index contributed by atoms with van der Waals surface area (Å²) in [5.74, 6) is 2.56. The molecule has 0 radical (unpaired) electrons. The normalized spacial score (nSPS) is 11.9. The van der Waals surface area contributed by atoms with Crippen LogP contribution in [0.3, 0.4) is 0 Å². The minimum atomic E-state index is 0. The molecule has 0 saturated carbocycles. The maximum atomic E-state index is 5.79. The Hall–Kier alpha value is -0.623. The van der Waals surface area contributed by atoms with Gasteiger partial charge < -0.3 is 21.1 Å². The van der Waals surface area contributed by atoms with Crippen LogP contribution in [-0.2, 0) is 11.2 Å². The quantitative estimate of drug-likeness (QED) is 0.381. The van der Waals surface area contributed by atoms with Crippen molar-refractivity contribution < 1.29 is 33.1 Å². The molecular weight excluding hydrogens is 259 g/mol. The molecule has 0 heterocycles. The van der Waals surface area contributed by atoms with Gasteiger partial charge in [-0.05, 0) is 17.7 Å². The van der Waals surface area contributed by atoms with Gasteiger partial charge in [-0.3, -0.25) is 0 Å². The third-order valence-electron chi connectivity index (χ3n) is 3.42. The predicted molar refractivity (Wildman–Crippen MR) is 82.4 cm³/mol. The summed E-state index contributed by atoms with van der Waals surface area (Å²) >= 11 is 0. The number of rotatable bonds is 9. The minimum Gasteiger partial charge on any atom is -0.493 e. The first kappa shape index (κ1) is 20.4. The van der Waals surface area contributed by atoms with Crippen LogP contribution >= 0.6 is 0 Å². The van der Waals surface area contributed by atoms with Crippen molar-refractivity contribution in [2.75, 3.05) is 27.4 Å². The molecule has 0 aliphatic carbocycles. The molecule has 0 amide bonds. The molecular formula is C17H27LiO3. The van der Waals surface area contributed by atoms with E-state index in [2.05, 4.69) is 32.9 Å². The molecule has 3 nitrogen and oxygen atoms in total. The Kier molecular flexibility index (Phi) is 10.7. The maximum absolute atomic E-state index is 5.79. The van der Waals surface area contributed by atoms with Crippen molar-refractivity contribution in [2.24, 2.45) is 11.8 Å². The van der Waals surface area contributed by atoms with E-state index in [9.17, 15) is 0 Å². The van der Waals surface area contributed by atoms with Gasteiger partial charge in [0.25, 0.3) is 0 Å². The van der Waals surface area contributed by atoms with Crippen molar-refractivity contribution in [1.82, 2.24) is 0 Å². The van der Waals surface area contributed by atoms with Gasteiger partial charge in [0, 0.05) is 20.1 Å². The van der Waals surface area contributed by atoms with Crippen LogP contribution in [0.5, 0.6) is 11.5 Å². The Morgan fingerprint density at radius 1 is 1.10 bits per heavy atom. The van der Waals surface area contributed by atoms with Gasteiger partial charge in [0.2, 0.25) is 0 Å². The molecule has 0 spiro atoms. The van der Waals surface area contributed by atoms with Crippen LogP contribution in [0, 0.1) is 18.8 Å². The molecule has 1 rings (SSSR count). The molecule has 0 aliphatic rings. The summed E-state index contributed by atoms with van der Waals surface area (Å²) < 4.78 is 16.1. The smallest absolute Gasteiger partial charge is 0.493 e. The topological polar surface area (TPSA) is 27.7 Å². The van der Waals surface area contributed by atoms with Crippen LogP contribution in [0.25, 0.3) is 0 Å². The van der Waals surface area contributed by atoms with Gasteiger partial charge in [0.05, 0.1) is 13.7 Å². The molecule has 0 unspecified atom stereocenters. The first-order valence-electron chi connectivity index (χ1n) is 7.20. The van der Waals surface area contributed by atoms with E-state index in [0.29, 0.717) is 25.0 Å². The Balaban J connectivity index is 0.00000400. The molecule has 114 valence electrons. The van der Waals surface area contributed by atoms with E-state index in [4.69, 9.17) is 14.2 Å². The van der Waals surface area contributed by atoms with Crippen LogP contribution in [0.15, 0.2) is 18.2 Å². The molecule has 1 aromatic carbocycles. The summed E-state index contributed by atoms with van der Waals surface area (Å²) in [5.41, 5.74) is 1.24. The zero-order chi connectivity index (χ0) is 15.0. The van der Waals surface area contributed by atoms with Crippen molar-refractivity contribution in [3.8, 4) is 11.5 Å². The number of methoxy groups -OCH3 is 2. The van der Waals surface area contributed by atoms with Crippen LogP contribution in [-0.4, -0.2) is 27.4 Å². The second-order valence-electron chi connectivity index (χ2n) is 5.39. The molecule has 0 saturated heterocycles. The predicted octanol–water partition coefficient (Wildman–Crippen LogP) is 0.763. The fourth-order valence-electron chi connectivity index (χ4n) is 1.88. The number of hydrogen-bond donors (Lipinski definition) is 0.